The zero-order valence-electron chi connectivity index (χ0n) is 18.9. The summed E-state index contributed by atoms with van der Waals surface area (Å²) < 4.78 is 28.0. The van der Waals surface area contributed by atoms with E-state index in [1.54, 1.807) is 12.1 Å². The molecule has 0 amide bonds. The number of nitrogens with one attached hydrogen (secondary N) is 1. The molecule has 1 heterocycles. The summed E-state index contributed by atoms with van der Waals surface area (Å²) in [4.78, 5) is 15.3. The van der Waals surface area contributed by atoms with Crippen LogP contribution in [0.5, 0.6) is 0 Å². The second-order valence-corrected chi connectivity index (χ2v) is 10.2. The van der Waals surface area contributed by atoms with E-state index in [1.165, 1.54) is 24.3 Å². The molecule has 1 aliphatic heterocycles. The van der Waals surface area contributed by atoms with Crippen LogP contribution in [0.1, 0.15) is 5.56 Å². The lowest BCUT2D eigenvalue weighted by Gasteiger charge is -2.35. The van der Waals surface area contributed by atoms with E-state index in [4.69, 9.17) is 11.6 Å². The molecule has 8 nitrogen and oxygen atoms in total. The monoisotopic (exact) mass is 512 g/mol. The van der Waals surface area contributed by atoms with Crippen molar-refractivity contribution >= 4 is 44.8 Å². The molecule has 35 heavy (non-hydrogen) atoms. The maximum Gasteiger partial charge on any atom is 0.293 e. The minimum Gasteiger partial charge on any atom is -0.363 e. The first-order valence-electron chi connectivity index (χ1n) is 11.1. The molecule has 1 N–H and O–H groups in total. The number of anilines is 2. The summed E-state index contributed by atoms with van der Waals surface area (Å²) in [6.07, 6.45) is 4.19. The Morgan fingerprint density at radius 2 is 1.66 bits per heavy atom. The predicted molar refractivity (Wildman–Crippen MR) is 139 cm³/mol. The van der Waals surface area contributed by atoms with Crippen LogP contribution in [0.2, 0.25) is 5.02 Å². The van der Waals surface area contributed by atoms with Gasteiger partial charge >= 0.3 is 0 Å². The molecule has 1 aliphatic rings. The van der Waals surface area contributed by atoms with Gasteiger partial charge < -0.3 is 4.90 Å². The minimum atomic E-state index is -4.00. The van der Waals surface area contributed by atoms with E-state index in [-0.39, 0.29) is 10.6 Å². The average molecular weight is 513 g/mol. The molecule has 3 aromatic rings. The van der Waals surface area contributed by atoms with Crippen molar-refractivity contribution in [2.75, 3.05) is 42.3 Å². The van der Waals surface area contributed by atoms with Gasteiger partial charge in [-0.1, -0.05) is 54.1 Å². The van der Waals surface area contributed by atoms with Crippen molar-refractivity contribution < 1.29 is 13.3 Å². The molecule has 0 atom stereocenters. The molecule has 0 unspecified atom stereocenters. The van der Waals surface area contributed by atoms with E-state index < -0.39 is 14.9 Å². The van der Waals surface area contributed by atoms with E-state index >= 15 is 0 Å². The highest BCUT2D eigenvalue weighted by atomic mass is 35.5. The molecule has 1 fully saturated rings. The molecule has 3 aromatic carbocycles. The summed E-state index contributed by atoms with van der Waals surface area (Å²) in [5.41, 5.74) is 1.64. The number of nitro groups is 1. The SMILES string of the molecule is O=[N+]([O-])c1cc(S(=O)(=O)Nc2ccc(Cl)cc2)ccc1N1CCN(C/C=C/c2ccccc2)CC1. The minimum absolute atomic E-state index is 0.174. The van der Waals surface area contributed by atoms with Gasteiger partial charge in [0.05, 0.1) is 9.82 Å². The molecule has 0 spiro atoms. The van der Waals surface area contributed by atoms with E-state index in [0.29, 0.717) is 29.5 Å². The molecule has 10 heteroatoms. The van der Waals surface area contributed by atoms with Gasteiger partial charge in [0, 0.05) is 49.5 Å². The van der Waals surface area contributed by atoms with Crippen LogP contribution in [-0.4, -0.2) is 51.0 Å². The van der Waals surface area contributed by atoms with Gasteiger partial charge in [-0.25, -0.2) is 8.42 Å². The molecule has 0 aromatic heterocycles. The standard InChI is InChI=1S/C25H25ClN4O4S/c26-21-8-10-22(11-9-21)27-35(33,34)23-12-13-24(25(19-23)30(31)32)29-17-15-28(16-18-29)14-4-7-20-5-2-1-3-6-20/h1-13,19,27H,14-18H2/b7-4+. The topological polar surface area (TPSA) is 95.8 Å². The van der Waals surface area contributed by atoms with Crippen molar-refractivity contribution in [3.63, 3.8) is 0 Å². The number of rotatable bonds is 8. The summed E-state index contributed by atoms with van der Waals surface area (Å²) in [7, 11) is -4.00. The average Bonchev–Trinajstić information content (AvgIpc) is 2.86. The second kappa shape index (κ2) is 10.9. The molecule has 0 saturated carbocycles. The molecule has 182 valence electrons. The highest BCUT2D eigenvalue weighted by Gasteiger charge is 2.26. The Morgan fingerprint density at radius 1 is 0.971 bits per heavy atom. The van der Waals surface area contributed by atoms with Gasteiger partial charge in [0.2, 0.25) is 0 Å². The lowest BCUT2D eigenvalue weighted by atomic mass is 10.2. The molecule has 4 rings (SSSR count). The fourth-order valence-corrected chi connectivity index (χ4v) is 5.09. The maximum atomic E-state index is 12.8. The van der Waals surface area contributed by atoms with Crippen molar-refractivity contribution in [3.8, 4) is 0 Å². The number of halogens is 1. The first kappa shape index (κ1) is 24.7. The Bertz CT molecular complexity index is 1310. The Kier molecular flexibility index (Phi) is 7.70. The summed E-state index contributed by atoms with van der Waals surface area (Å²) in [5, 5.41) is 12.3. The van der Waals surface area contributed by atoms with Crippen LogP contribution in [0.3, 0.4) is 0 Å². The van der Waals surface area contributed by atoms with Gasteiger partial charge in [-0.15, -0.1) is 0 Å². The van der Waals surface area contributed by atoms with E-state index in [2.05, 4.69) is 21.8 Å². The first-order valence-corrected chi connectivity index (χ1v) is 12.9. The van der Waals surface area contributed by atoms with Crippen LogP contribution in [-0.2, 0) is 10.0 Å². The van der Waals surface area contributed by atoms with Crippen LogP contribution < -0.4 is 9.62 Å². The van der Waals surface area contributed by atoms with Crippen molar-refractivity contribution in [1.82, 2.24) is 4.90 Å². The van der Waals surface area contributed by atoms with E-state index in [0.717, 1.165) is 31.3 Å². The molecule has 0 aliphatic carbocycles. The van der Waals surface area contributed by atoms with Crippen molar-refractivity contribution in [2.24, 2.45) is 0 Å². The molecular weight excluding hydrogens is 488 g/mol. The largest absolute Gasteiger partial charge is 0.363 e. The van der Waals surface area contributed by atoms with Crippen molar-refractivity contribution in [2.45, 2.75) is 4.90 Å². The fraction of sp³-hybridized carbons (Fsp3) is 0.200. The third-order valence-electron chi connectivity index (χ3n) is 5.74. The highest BCUT2D eigenvalue weighted by Crippen LogP contribution is 2.32. The number of benzene rings is 3. The van der Waals surface area contributed by atoms with Gasteiger partial charge in [-0.3, -0.25) is 19.7 Å². The summed E-state index contributed by atoms with van der Waals surface area (Å²) in [6.45, 7) is 3.49. The van der Waals surface area contributed by atoms with Gasteiger partial charge in [-0.2, -0.15) is 0 Å². The lowest BCUT2D eigenvalue weighted by Crippen LogP contribution is -2.46. The zero-order chi connectivity index (χ0) is 24.8. The smallest absolute Gasteiger partial charge is 0.293 e. The van der Waals surface area contributed by atoms with Crippen LogP contribution in [0.15, 0.2) is 83.8 Å². The van der Waals surface area contributed by atoms with E-state index in [9.17, 15) is 18.5 Å². The van der Waals surface area contributed by atoms with E-state index in [1.807, 2.05) is 35.2 Å². The zero-order valence-corrected chi connectivity index (χ0v) is 20.5. The number of nitro benzene ring substituents is 1. The molecule has 0 radical (unpaired) electrons. The quantitative estimate of drug-likeness (QED) is 0.341. The number of piperazine rings is 1. The normalized spacial score (nSPS) is 14.8. The Balaban J connectivity index is 1.43. The van der Waals surface area contributed by atoms with Gasteiger partial charge in [0.1, 0.15) is 5.69 Å². The summed E-state index contributed by atoms with van der Waals surface area (Å²) >= 11 is 5.84. The molecule has 1 saturated heterocycles. The number of hydrogen-bond acceptors (Lipinski definition) is 6. The van der Waals surface area contributed by atoms with Crippen LogP contribution in [0.4, 0.5) is 17.1 Å². The summed E-state index contributed by atoms with van der Waals surface area (Å²) in [5.74, 6) is 0. The van der Waals surface area contributed by atoms with Gasteiger partial charge in [-0.05, 0) is 42.0 Å². The van der Waals surface area contributed by atoms with Crippen molar-refractivity contribution in [1.29, 1.82) is 0 Å². The highest BCUT2D eigenvalue weighted by molar-refractivity contribution is 7.92. The molecular formula is C25H25ClN4O4S. The third kappa shape index (κ3) is 6.39. The van der Waals surface area contributed by atoms with Gasteiger partial charge in [0.15, 0.2) is 0 Å². The van der Waals surface area contributed by atoms with Crippen LogP contribution in [0.25, 0.3) is 6.08 Å². The lowest BCUT2D eigenvalue weighted by molar-refractivity contribution is -0.384. The fourth-order valence-electron chi connectivity index (χ4n) is 3.89. The third-order valence-corrected chi connectivity index (χ3v) is 7.37. The van der Waals surface area contributed by atoms with Crippen molar-refractivity contribution in [3.05, 3.63) is 99.6 Å². The summed E-state index contributed by atoms with van der Waals surface area (Å²) in [6, 6.07) is 20.3. The Hall–Kier alpha value is -3.40. The number of nitrogens with zero attached hydrogens (tertiary/aromatic N) is 3. The maximum absolute atomic E-state index is 12.8. The Labute approximate surface area is 209 Å². The predicted octanol–water partition coefficient (Wildman–Crippen LogP) is 4.88. The number of hydrogen-bond donors (Lipinski definition) is 1. The van der Waals surface area contributed by atoms with Crippen LogP contribution >= 0.6 is 11.6 Å². The second-order valence-electron chi connectivity index (χ2n) is 8.12. The first-order chi connectivity index (χ1) is 16.8. The van der Waals surface area contributed by atoms with Gasteiger partial charge in [0.25, 0.3) is 15.7 Å². The van der Waals surface area contributed by atoms with Crippen LogP contribution in [0, 0.1) is 10.1 Å². The Morgan fingerprint density at radius 3 is 2.31 bits per heavy atom. The number of sulfonamides is 1. The molecule has 0 bridgehead atoms.